The Morgan fingerprint density at radius 2 is 1.84 bits per heavy atom. The summed E-state index contributed by atoms with van der Waals surface area (Å²) in [4.78, 5) is 4.37. The van der Waals surface area contributed by atoms with E-state index >= 15 is 0 Å². The van der Waals surface area contributed by atoms with E-state index in [-0.39, 0.29) is 24.0 Å². The number of benzene rings is 2. The first kappa shape index (κ1) is 24.2. The van der Waals surface area contributed by atoms with E-state index < -0.39 is 0 Å². The maximum atomic E-state index is 9.51. The van der Waals surface area contributed by atoms with Crippen LogP contribution in [0.1, 0.15) is 34.4 Å². The number of aliphatic imine (C=N–C) groups is 1. The molecule has 0 saturated heterocycles. The Balaban J connectivity index is 0.00000341. The van der Waals surface area contributed by atoms with Crippen molar-refractivity contribution in [1.29, 1.82) is 5.26 Å². The molecule has 0 unspecified atom stereocenters. The van der Waals surface area contributed by atoms with Gasteiger partial charge in [0.2, 0.25) is 0 Å². The predicted molar refractivity (Wildman–Crippen MR) is 137 cm³/mol. The average Bonchev–Trinajstić information content (AvgIpc) is 3.04. The Bertz CT molecular complexity index is 1110. The average molecular weight is 529 g/mol. The van der Waals surface area contributed by atoms with E-state index in [1.807, 2.05) is 49.4 Å². The number of nitrogen functional groups attached to an aromatic ring is 1. The molecule has 0 amide bonds. The van der Waals surface area contributed by atoms with Gasteiger partial charge in [0, 0.05) is 12.2 Å². The molecular weight excluding hydrogens is 501 g/mol. The lowest BCUT2D eigenvalue weighted by Crippen LogP contribution is -2.23. The van der Waals surface area contributed by atoms with E-state index in [0.29, 0.717) is 42.4 Å². The van der Waals surface area contributed by atoms with E-state index in [9.17, 15) is 5.26 Å². The van der Waals surface area contributed by atoms with Crippen molar-refractivity contribution in [2.24, 2.45) is 10.7 Å². The molecular formula is C23H28IN7. The number of nitrogens with one attached hydrogen (secondary N) is 1. The second kappa shape index (κ2) is 10.8. The minimum Gasteiger partial charge on any atom is -0.382 e. The topological polar surface area (TPSA) is 118 Å². The summed E-state index contributed by atoms with van der Waals surface area (Å²) in [6, 6.07) is 16.1. The molecule has 5 N–H and O–H groups in total. The van der Waals surface area contributed by atoms with Crippen molar-refractivity contribution in [1.82, 2.24) is 9.78 Å². The number of hydrogen-bond acceptors (Lipinski definition) is 4. The number of aryl methyl sites for hydroxylation is 4. The molecule has 0 aliphatic carbocycles. The molecule has 1 heterocycles. The first-order valence-corrected chi connectivity index (χ1v) is 9.87. The lowest BCUT2D eigenvalue weighted by atomic mass is 10.1. The number of rotatable bonds is 6. The van der Waals surface area contributed by atoms with Crippen molar-refractivity contribution in [3.8, 4) is 11.8 Å². The fourth-order valence-electron chi connectivity index (χ4n) is 3.11. The Morgan fingerprint density at radius 1 is 1.13 bits per heavy atom. The summed E-state index contributed by atoms with van der Waals surface area (Å²) in [5.41, 5.74) is 18.6. The van der Waals surface area contributed by atoms with Gasteiger partial charge in [-0.3, -0.25) is 4.99 Å². The molecule has 162 valence electrons. The molecule has 3 aromatic rings. The highest BCUT2D eigenvalue weighted by Gasteiger charge is 2.16. The van der Waals surface area contributed by atoms with Crippen molar-refractivity contribution in [2.75, 3.05) is 17.6 Å². The number of anilines is 2. The van der Waals surface area contributed by atoms with Gasteiger partial charge < -0.3 is 16.8 Å². The molecule has 0 spiro atoms. The minimum atomic E-state index is 0. The van der Waals surface area contributed by atoms with E-state index in [0.717, 1.165) is 16.9 Å². The fourth-order valence-corrected chi connectivity index (χ4v) is 3.11. The number of aromatic nitrogens is 2. The van der Waals surface area contributed by atoms with Crippen LogP contribution in [-0.2, 0) is 6.42 Å². The number of hydrogen-bond donors (Lipinski definition) is 3. The molecule has 0 saturated carbocycles. The number of nitrogens with zero attached hydrogens (tertiary/aromatic N) is 4. The van der Waals surface area contributed by atoms with Gasteiger partial charge in [0.1, 0.15) is 17.5 Å². The highest BCUT2D eigenvalue weighted by Crippen LogP contribution is 2.22. The second-order valence-corrected chi connectivity index (χ2v) is 7.36. The molecule has 0 aliphatic rings. The van der Waals surface area contributed by atoms with Crippen LogP contribution in [0.15, 0.2) is 47.5 Å². The Morgan fingerprint density at radius 3 is 2.48 bits per heavy atom. The van der Waals surface area contributed by atoms with Gasteiger partial charge in [-0.05, 0) is 69.0 Å². The van der Waals surface area contributed by atoms with Crippen LogP contribution in [0.3, 0.4) is 0 Å². The Hall–Kier alpha value is -3.06. The van der Waals surface area contributed by atoms with E-state index in [2.05, 4.69) is 35.3 Å². The summed E-state index contributed by atoms with van der Waals surface area (Å²) >= 11 is 0. The zero-order valence-corrected chi connectivity index (χ0v) is 20.3. The zero-order valence-electron chi connectivity index (χ0n) is 18.0. The molecule has 7 nitrogen and oxygen atoms in total. The van der Waals surface area contributed by atoms with Crippen LogP contribution in [-0.4, -0.2) is 22.3 Å². The molecule has 0 atom stereocenters. The third kappa shape index (κ3) is 5.98. The summed E-state index contributed by atoms with van der Waals surface area (Å²) in [7, 11) is 0. The van der Waals surface area contributed by atoms with Gasteiger partial charge in [-0.1, -0.05) is 23.8 Å². The summed E-state index contributed by atoms with van der Waals surface area (Å²) in [6.07, 6.45) is 1.29. The van der Waals surface area contributed by atoms with Crippen molar-refractivity contribution in [2.45, 2.75) is 33.6 Å². The van der Waals surface area contributed by atoms with Gasteiger partial charge in [-0.15, -0.1) is 24.0 Å². The molecule has 8 heteroatoms. The maximum absolute atomic E-state index is 9.51. The van der Waals surface area contributed by atoms with E-state index in [1.54, 1.807) is 4.68 Å². The van der Waals surface area contributed by atoms with Crippen LogP contribution in [0.25, 0.3) is 5.69 Å². The third-order valence-corrected chi connectivity index (χ3v) is 5.02. The van der Waals surface area contributed by atoms with Gasteiger partial charge in [-0.2, -0.15) is 10.4 Å². The number of nitriles is 1. The van der Waals surface area contributed by atoms with Crippen LogP contribution >= 0.6 is 24.0 Å². The van der Waals surface area contributed by atoms with Crippen molar-refractivity contribution < 1.29 is 0 Å². The van der Waals surface area contributed by atoms with Crippen molar-refractivity contribution in [3.05, 3.63) is 70.4 Å². The number of halogens is 1. The first-order valence-electron chi connectivity index (χ1n) is 9.87. The predicted octanol–water partition coefficient (Wildman–Crippen LogP) is 4.23. The van der Waals surface area contributed by atoms with Crippen LogP contribution in [0.5, 0.6) is 0 Å². The number of guanidine groups is 1. The van der Waals surface area contributed by atoms with Gasteiger partial charge in [-0.25, -0.2) is 4.68 Å². The highest BCUT2D eigenvalue weighted by atomic mass is 127. The lowest BCUT2D eigenvalue weighted by molar-refractivity contribution is 0.776. The standard InChI is InChI=1S/C23H27N7.HI/c1-15-6-10-19(11-7-15)30-22(25)20(14-24)21(29-30)5-4-12-27-23(26)28-18-9-8-16(2)17(3)13-18;/h6-11,13H,4-5,12,25H2,1-3H3,(H3,26,27,28);1H. The van der Waals surface area contributed by atoms with Crippen LogP contribution in [0, 0.1) is 32.1 Å². The molecule has 2 aromatic carbocycles. The third-order valence-electron chi connectivity index (χ3n) is 5.02. The monoisotopic (exact) mass is 529 g/mol. The normalized spacial score (nSPS) is 11.0. The molecule has 0 fully saturated rings. The molecule has 31 heavy (non-hydrogen) atoms. The summed E-state index contributed by atoms with van der Waals surface area (Å²) in [5, 5.41) is 17.2. The van der Waals surface area contributed by atoms with Crippen molar-refractivity contribution >= 4 is 41.4 Å². The summed E-state index contributed by atoms with van der Waals surface area (Å²) in [6.45, 7) is 6.66. The SMILES string of the molecule is Cc1ccc(-n2nc(CCCN=C(N)Nc3ccc(C)c(C)c3)c(C#N)c2N)cc1.I. The largest absolute Gasteiger partial charge is 0.382 e. The molecule has 0 radical (unpaired) electrons. The number of nitrogens with two attached hydrogens (primary N) is 2. The van der Waals surface area contributed by atoms with E-state index in [1.165, 1.54) is 11.1 Å². The lowest BCUT2D eigenvalue weighted by Gasteiger charge is -2.08. The summed E-state index contributed by atoms with van der Waals surface area (Å²) in [5.74, 6) is 0.722. The van der Waals surface area contributed by atoms with Gasteiger partial charge >= 0.3 is 0 Å². The van der Waals surface area contributed by atoms with Gasteiger partial charge in [0.25, 0.3) is 0 Å². The zero-order chi connectivity index (χ0) is 21.7. The highest BCUT2D eigenvalue weighted by molar-refractivity contribution is 14.0. The van der Waals surface area contributed by atoms with Crippen molar-refractivity contribution in [3.63, 3.8) is 0 Å². The van der Waals surface area contributed by atoms with Crippen LogP contribution in [0.2, 0.25) is 0 Å². The quantitative estimate of drug-likeness (QED) is 0.191. The smallest absolute Gasteiger partial charge is 0.193 e. The Labute approximate surface area is 200 Å². The first-order chi connectivity index (χ1) is 14.4. The maximum Gasteiger partial charge on any atom is 0.193 e. The Kier molecular flexibility index (Phi) is 8.45. The van der Waals surface area contributed by atoms with Gasteiger partial charge in [0.05, 0.1) is 11.4 Å². The fraction of sp³-hybridized carbons (Fsp3) is 0.261. The van der Waals surface area contributed by atoms with E-state index in [4.69, 9.17) is 11.5 Å². The summed E-state index contributed by atoms with van der Waals surface area (Å²) < 4.78 is 1.62. The van der Waals surface area contributed by atoms with Crippen LogP contribution in [0.4, 0.5) is 11.5 Å². The molecule has 0 bridgehead atoms. The van der Waals surface area contributed by atoms with Gasteiger partial charge in [0.15, 0.2) is 5.96 Å². The molecule has 0 aliphatic heterocycles. The molecule has 1 aromatic heterocycles. The van der Waals surface area contributed by atoms with Crippen LogP contribution < -0.4 is 16.8 Å². The molecule has 3 rings (SSSR count). The second-order valence-electron chi connectivity index (χ2n) is 7.36. The minimum absolute atomic E-state index is 0.